The van der Waals surface area contributed by atoms with Crippen LogP contribution in [0.25, 0.3) is 11.6 Å². The number of hydrogen-bond donors (Lipinski definition) is 3. The Balaban J connectivity index is 1.48. The lowest BCUT2D eigenvalue weighted by Crippen LogP contribution is -2.38. The number of nitrogens with one attached hydrogen (secondary N) is 3. The number of thioether (sulfide) groups is 1. The van der Waals surface area contributed by atoms with E-state index in [1.165, 1.54) is 4.90 Å². The maximum atomic E-state index is 5.90. The molecule has 0 fully saturated rings. The van der Waals surface area contributed by atoms with E-state index in [2.05, 4.69) is 30.8 Å². The second kappa shape index (κ2) is 10.0. The summed E-state index contributed by atoms with van der Waals surface area (Å²) in [4.78, 5) is 10.1. The van der Waals surface area contributed by atoms with Gasteiger partial charge in [0.2, 0.25) is 5.82 Å². The van der Waals surface area contributed by atoms with Gasteiger partial charge in [-0.2, -0.15) is 0 Å². The topological polar surface area (TPSA) is 91.1 Å². The van der Waals surface area contributed by atoms with Gasteiger partial charge < -0.3 is 15.1 Å². The summed E-state index contributed by atoms with van der Waals surface area (Å²) in [5, 5.41) is 14.3. The van der Waals surface area contributed by atoms with Crippen LogP contribution in [0.2, 0.25) is 5.02 Å². The van der Waals surface area contributed by atoms with Gasteiger partial charge in [-0.15, -0.1) is 16.9 Å². The van der Waals surface area contributed by atoms with Crippen LogP contribution in [0.3, 0.4) is 0 Å². The van der Waals surface area contributed by atoms with Gasteiger partial charge in [-0.05, 0) is 43.3 Å². The van der Waals surface area contributed by atoms with Gasteiger partial charge >= 0.3 is 0 Å². The van der Waals surface area contributed by atoms with E-state index < -0.39 is 0 Å². The Labute approximate surface area is 167 Å². The predicted molar refractivity (Wildman–Crippen MR) is 109 cm³/mol. The first-order valence-electron chi connectivity index (χ1n) is 8.60. The molecule has 3 aromatic rings. The van der Waals surface area contributed by atoms with Crippen LogP contribution in [0, 0.1) is 0 Å². The zero-order chi connectivity index (χ0) is 18.9. The number of furan rings is 1. The molecule has 0 unspecified atom stereocenters. The van der Waals surface area contributed by atoms with Crippen LogP contribution >= 0.6 is 23.4 Å². The lowest BCUT2D eigenvalue weighted by Gasteiger charge is -2.10. The fourth-order valence-corrected chi connectivity index (χ4v) is 3.14. The molecule has 0 radical (unpaired) electrons. The van der Waals surface area contributed by atoms with E-state index in [4.69, 9.17) is 16.0 Å². The van der Waals surface area contributed by atoms with Gasteiger partial charge in [-0.25, -0.2) is 9.98 Å². The smallest absolute Gasteiger partial charge is 0.216 e. The molecule has 3 N–H and O–H groups in total. The molecule has 9 heteroatoms. The molecule has 1 aromatic carbocycles. The Morgan fingerprint density at radius 1 is 1.26 bits per heavy atom. The molecule has 0 bridgehead atoms. The number of H-pyrrole nitrogens is 1. The minimum absolute atomic E-state index is 0.396. The van der Waals surface area contributed by atoms with E-state index in [1.54, 1.807) is 24.1 Å². The molecular formula is C18H21ClN6OS. The molecule has 7 nitrogen and oxygen atoms in total. The summed E-state index contributed by atoms with van der Waals surface area (Å²) in [6.07, 6.45) is 1.60. The van der Waals surface area contributed by atoms with Crippen molar-refractivity contribution in [3.05, 3.63) is 53.5 Å². The Morgan fingerprint density at radius 3 is 2.85 bits per heavy atom. The summed E-state index contributed by atoms with van der Waals surface area (Å²) < 4.78 is 5.29. The second-order valence-electron chi connectivity index (χ2n) is 5.51. The molecule has 0 aliphatic heterocycles. The Kier molecular flexibility index (Phi) is 7.18. The molecule has 0 amide bonds. The van der Waals surface area contributed by atoms with Crippen molar-refractivity contribution >= 4 is 29.3 Å². The van der Waals surface area contributed by atoms with Crippen molar-refractivity contribution in [3.63, 3.8) is 0 Å². The molecule has 0 atom stereocenters. The van der Waals surface area contributed by atoms with Gasteiger partial charge in [0.05, 0.1) is 6.26 Å². The van der Waals surface area contributed by atoms with Gasteiger partial charge in [0.1, 0.15) is 12.4 Å². The zero-order valence-corrected chi connectivity index (χ0v) is 16.5. The first-order valence-corrected chi connectivity index (χ1v) is 9.96. The Hall–Kier alpha value is -2.45. The fourth-order valence-electron chi connectivity index (χ4n) is 2.25. The van der Waals surface area contributed by atoms with Crippen LogP contribution in [-0.4, -0.2) is 40.0 Å². The molecule has 3 rings (SSSR count). The molecule has 0 spiro atoms. The van der Waals surface area contributed by atoms with E-state index in [0.29, 0.717) is 24.0 Å². The average molecular weight is 405 g/mol. The van der Waals surface area contributed by atoms with Gasteiger partial charge in [0, 0.05) is 28.8 Å². The summed E-state index contributed by atoms with van der Waals surface area (Å²) >= 11 is 7.66. The van der Waals surface area contributed by atoms with E-state index in [9.17, 15) is 0 Å². The third-order valence-corrected chi connectivity index (χ3v) is 4.75. The highest BCUT2D eigenvalue weighted by molar-refractivity contribution is 7.99. The number of hydrogen-bond acceptors (Lipinski definition) is 5. The number of aromatic nitrogens is 3. The molecule has 0 saturated carbocycles. The highest BCUT2D eigenvalue weighted by Gasteiger charge is 2.08. The Morgan fingerprint density at radius 2 is 2.11 bits per heavy atom. The van der Waals surface area contributed by atoms with Crippen molar-refractivity contribution < 1.29 is 4.42 Å². The number of nitrogens with zero attached hydrogens (tertiary/aromatic N) is 3. The molecule has 0 aliphatic carbocycles. The largest absolute Gasteiger partial charge is 0.461 e. The minimum Gasteiger partial charge on any atom is -0.461 e. The molecular weight excluding hydrogens is 384 g/mol. The third kappa shape index (κ3) is 6.04. The first kappa shape index (κ1) is 19.3. The molecule has 0 aliphatic rings. The van der Waals surface area contributed by atoms with Gasteiger partial charge in [0.25, 0.3) is 0 Å². The van der Waals surface area contributed by atoms with Crippen molar-refractivity contribution in [2.45, 2.75) is 18.4 Å². The highest BCUT2D eigenvalue weighted by atomic mass is 35.5. The summed E-state index contributed by atoms with van der Waals surface area (Å²) in [6, 6.07) is 11.5. The second-order valence-corrected chi connectivity index (χ2v) is 7.11. The normalized spacial score (nSPS) is 11.6. The number of rotatable bonds is 8. The molecule has 142 valence electrons. The predicted octanol–water partition coefficient (Wildman–Crippen LogP) is 3.57. The number of benzene rings is 1. The maximum absolute atomic E-state index is 5.90. The molecule has 27 heavy (non-hydrogen) atoms. The van der Waals surface area contributed by atoms with E-state index in [-0.39, 0.29) is 0 Å². The fraction of sp³-hybridized carbons (Fsp3) is 0.278. The minimum atomic E-state index is 0.396. The third-order valence-electron chi connectivity index (χ3n) is 3.48. The SMILES string of the molecule is CCNC(=NCc1nc(-c2ccco2)n[nH]1)NCCSc1ccc(Cl)cc1. The van der Waals surface area contributed by atoms with Crippen molar-refractivity contribution in [2.24, 2.45) is 4.99 Å². The Bertz CT molecular complexity index is 847. The summed E-state index contributed by atoms with van der Waals surface area (Å²) in [6.45, 7) is 3.99. The number of guanidine groups is 1. The standard InChI is InChI=1S/C18H21ClN6OS/c1-2-20-18(21-9-11-27-14-7-5-13(19)6-8-14)22-12-16-23-17(25-24-16)15-4-3-10-26-15/h3-8,10H,2,9,11-12H2,1H3,(H2,20,21,22)(H,23,24,25). The molecule has 2 heterocycles. The lowest BCUT2D eigenvalue weighted by molar-refractivity contribution is 0.577. The van der Waals surface area contributed by atoms with Crippen LogP contribution in [0.15, 0.2) is 57.0 Å². The highest BCUT2D eigenvalue weighted by Crippen LogP contribution is 2.19. The van der Waals surface area contributed by atoms with Gasteiger partial charge in [-0.1, -0.05) is 11.6 Å². The van der Waals surface area contributed by atoms with E-state index >= 15 is 0 Å². The van der Waals surface area contributed by atoms with Crippen LogP contribution in [0.1, 0.15) is 12.7 Å². The number of aliphatic imine (C=N–C) groups is 1. The number of halogens is 1. The lowest BCUT2D eigenvalue weighted by atomic mass is 10.4. The van der Waals surface area contributed by atoms with Crippen LogP contribution in [0.5, 0.6) is 0 Å². The van der Waals surface area contributed by atoms with Crippen LogP contribution in [0.4, 0.5) is 0 Å². The molecule has 0 saturated heterocycles. The van der Waals surface area contributed by atoms with E-state index in [1.807, 2.05) is 37.3 Å². The number of aromatic amines is 1. The quantitative estimate of drug-likeness (QED) is 0.230. The summed E-state index contributed by atoms with van der Waals surface area (Å²) in [5.74, 6) is 3.49. The summed E-state index contributed by atoms with van der Waals surface area (Å²) in [7, 11) is 0. The van der Waals surface area contributed by atoms with Crippen molar-refractivity contribution in [1.82, 2.24) is 25.8 Å². The van der Waals surface area contributed by atoms with E-state index in [0.717, 1.165) is 29.8 Å². The van der Waals surface area contributed by atoms with Crippen molar-refractivity contribution in [3.8, 4) is 11.6 Å². The first-order chi connectivity index (χ1) is 13.2. The van der Waals surface area contributed by atoms with Gasteiger partial charge in [0.15, 0.2) is 11.7 Å². The van der Waals surface area contributed by atoms with Crippen molar-refractivity contribution in [2.75, 3.05) is 18.8 Å². The zero-order valence-electron chi connectivity index (χ0n) is 14.9. The summed E-state index contributed by atoms with van der Waals surface area (Å²) in [5.41, 5.74) is 0. The molecule has 2 aromatic heterocycles. The monoisotopic (exact) mass is 404 g/mol. The van der Waals surface area contributed by atoms with Crippen LogP contribution < -0.4 is 10.6 Å². The average Bonchev–Trinajstić information content (AvgIpc) is 3.36. The van der Waals surface area contributed by atoms with Crippen molar-refractivity contribution in [1.29, 1.82) is 0 Å². The van der Waals surface area contributed by atoms with Gasteiger partial charge in [-0.3, -0.25) is 5.10 Å². The van der Waals surface area contributed by atoms with Crippen LogP contribution in [-0.2, 0) is 6.54 Å². The maximum Gasteiger partial charge on any atom is 0.216 e.